The monoisotopic (exact) mass is 224 g/mol. The smallest absolute Gasteiger partial charge is 0.253 e. The van der Waals surface area contributed by atoms with Crippen LogP contribution in [0.25, 0.3) is 0 Å². The van der Waals surface area contributed by atoms with Gasteiger partial charge in [0.25, 0.3) is 5.95 Å². The number of aromatic nitrogens is 1. The standard InChI is InChI=1S/C11H7F3N2/c12-9-6-8(10(13)11(14)16-9)15-7-4-2-1-3-5-7/h1-6H,(H,15,16). The third-order valence-electron chi connectivity index (χ3n) is 1.94. The molecule has 2 aromatic rings. The normalized spacial score (nSPS) is 10.2. The van der Waals surface area contributed by atoms with Gasteiger partial charge in [0.05, 0.1) is 5.69 Å². The fourth-order valence-corrected chi connectivity index (χ4v) is 1.24. The van der Waals surface area contributed by atoms with Crippen LogP contribution in [0.15, 0.2) is 36.4 Å². The van der Waals surface area contributed by atoms with E-state index in [4.69, 9.17) is 0 Å². The van der Waals surface area contributed by atoms with Crippen molar-refractivity contribution >= 4 is 11.4 Å². The number of anilines is 2. The molecule has 2 rings (SSSR count). The number of nitrogens with zero attached hydrogens (tertiary/aromatic N) is 1. The molecule has 0 fully saturated rings. The van der Waals surface area contributed by atoms with Crippen LogP contribution >= 0.6 is 0 Å². The van der Waals surface area contributed by atoms with Crippen molar-refractivity contribution in [3.8, 4) is 0 Å². The third-order valence-corrected chi connectivity index (χ3v) is 1.94. The molecule has 0 aliphatic rings. The van der Waals surface area contributed by atoms with Gasteiger partial charge in [0.15, 0.2) is 0 Å². The fraction of sp³-hybridized carbons (Fsp3) is 0. The van der Waals surface area contributed by atoms with Crippen molar-refractivity contribution in [3.63, 3.8) is 0 Å². The summed E-state index contributed by atoms with van der Waals surface area (Å²) in [6, 6.07) is 9.30. The molecule has 16 heavy (non-hydrogen) atoms. The zero-order valence-corrected chi connectivity index (χ0v) is 8.05. The van der Waals surface area contributed by atoms with Crippen molar-refractivity contribution in [2.45, 2.75) is 0 Å². The first-order chi connectivity index (χ1) is 7.66. The molecule has 0 saturated heterocycles. The summed E-state index contributed by atoms with van der Waals surface area (Å²) in [5, 5.41) is 2.56. The highest BCUT2D eigenvalue weighted by molar-refractivity contribution is 5.59. The Morgan fingerprint density at radius 2 is 1.69 bits per heavy atom. The maximum atomic E-state index is 13.2. The van der Waals surface area contributed by atoms with E-state index in [1.54, 1.807) is 30.3 Å². The number of para-hydroxylation sites is 1. The Balaban J connectivity index is 2.35. The maximum Gasteiger partial charge on any atom is 0.253 e. The minimum absolute atomic E-state index is 0.281. The van der Waals surface area contributed by atoms with Gasteiger partial charge in [-0.2, -0.15) is 18.2 Å². The number of rotatable bonds is 2. The molecule has 0 atom stereocenters. The van der Waals surface area contributed by atoms with Crippen LogP contribution in [0, 0.1) is 17.7 Å². The Bertz CT molecular complexity index is 500. The topological polar surface area (TPSA) is 24.9 Å². The first-order valence-corrected chi connectivity index (χ1v) is 4.50. The lowest BCUT2D eigenvalue weighted by Crippen LogP contribution is -2.00. The molecule has 0 spiro atoms. The van der Waals surface area contributed by atoms with E-state index in [0.29, 0.717) is 5.69 Å². The van der Waals surface area contributed by atoms with Crippen molar-refractivity contribution in [2.24, 2.45) is 0 Å². The largest absolute Gasteiger partial charge is 0.353 e. The van der Waals surface area contributed by atoms with Gasteiger partial charge in [-0.1, -0.05) is 18.2 Å². The summed E-state index contributed by atoms with van der Waals surface area (Å²) in [5.74, 6) is -3.74. The molecule has 0 aliphatic heterocycles. The van der Waals surface area contributed by atoms with Gasteiger partial charge in [-0.05, 0) is 12.1 Å². The number of nitrogens with one attached hydrogen (secondary N) is 1. The second-order valence-corrected chi connectivity index (χ2v) is 3.09. The lowest BCUT2D eigenvalue weighted by molar-refractivity contribution is 0.450. The minimum atomic E-state index is -1.46. The van der Waals surface area contributed by atoms with Crippen LogP contribution in [0.4, 0.5) is 24.5 Å². The van der Waals surface area contributed by atoms with Crippen molar-refractivity contribution in [1.82, 2.24) is 4.98 Å². The first kappa shape index (κ1) is 10.5. The van der Waals surface area contributed by atoms with Crippen LogP contribution in [0.1, 0.15) is 0 Å². The molecule has 0 amide bonds. The molecular weight excluding hydrogens is 217 g/mol. The van der Waals surface area contributed by atoms with E-state index in [-0.39, 0.29) is 5.69 Å². The Labute approximate surface area is 89.8 Å². The predicted molar refractivity (Wildman–Crippen MR) is 53.8 cm³/mol. The Hall–Kier alpha value is -2.04. The van der Waals surface area contributed by atoms with Crippen LogP contribution in [0.3, 0.4) is 0 Å². The second kappa shape index (κ2) is 4.22. The summed E-state index contributed by atoms with van der Waals surface area (Å²) in [6.45, 7) is 0. The average Bonchev–Trinajstić information content (AvgIpc) is 2.27. The Kier molecular flexibility index (Phi) is 2.76. The van der Waals surface area contributed by atoms with Gasteiger partial charge in [-0.3, -0.25) is 0 Å². The number of halogens is 3. The summed E-state index contributed by atoms with van der Waals surface area (Å²) < 4.78 is 38.7. The van der Waals surface area contributed by atoms with Crippen LogP contribution in [-0.2, 0) is 0 Å². The van der Waals surface area contributed by atoms with Crippen molar-refractivity contribution in [1.29, 1.82) is 0 Å². The van der Waals surface area contributed by atoms with Crippen LogP contribution in [-0.4, -0.2) is 4.98 Å². The van der Waals surface area contributed by atoms with E-state index in [1.807, 2.05) is 0 Å². The van der Waals surface area contributed by atoms with Crippen molar-refractivity contribution < 1.29 is 13.2 Å². The summed E-state index contributed by atoms with van der Waals surface area (Å²) >= 11 is 0. The maximum absolute atomic E-state index is 13.2. The van der Waals surface area contributed by atoms with E-state index >= 15 is 0 Å². The molecule has 82 valence electrons. The molecule has 0 unspecified atom stereocenters. The molecule has 1 heterocycles. The van der Waals surface area contributed by atoms with E-state index in [0.717, 1.165) is 6.07 Å². The van der Waals surface area contributed by atoms with Crippen LogP contribution in [0.2, 0.25) is 0 Å². The van der Waals surface area contributed by atoms with Gasteiger partial charge in [0.1, 0.15) is 0 Å². The van der Waals surface area contributed by atoms with Gasteiger partial charge in [0.2, 0.25) is 11.8 Å². The first-order valence-electron chi connectivity index (χ1n) is 4.50. The molecule has 0 saturated carbocycles. The quantitative estimate of drug-likeness (QED) is 0.792. The van der Waals surface area contributed by atoms with Crippen LogP contribution < -0.4 is 5.32 Å². The second-order valence-electron chi connectivity index (χ2n) is 3.09. The molecule has 1 aromatic heterocycles. The summed E-state index contributed by atoms with van der Waals surface area (Å²) in [7, 11) is 0. The van der Waals surface area contributed by atoms with Gasteiger partial charge in [-0.25, -0.2) is 0 Å². The highest BCUT2D eigenvalue weighted by atomic mass is 19.2. The summed E-state index contributed by atoms with van der Waals surface area (Å²) in [4.78, 5) is 2.73. The van der Waals surface area contributed by atoms with Gasteiger partial charge >= 0.3 is 0 Å². The highest BCUT2D eigenvalue weighted by Gasteiger charge is 2.12. The molecule has 1 N–H and O–H groups in total. The summed E-state index contributed by atoms with van der Waals surface area (Å²) in [5.41, 5.74) is 0.252. The lowest BCUT2D eigenvalue weighted by Gasteiger charge is -2.07. The lowest BCUT2D eigenvalue weighted by atomic mass is 10.3. The molecule has 2 nitrogen and oxygen atoms in total. The van der Waals surface area contributed by atoms with E-state index in [2.05, 4.69) is 10.3 Å². The van der Waals surface area contributed by atoms with Crippen molar-refractivity contribution in [3.05, 3.63) is 54.1 Å². The van der Waals surface area contributed by atoms with Crippen molar-refractivity contribution in [2.75, 3.05) is 5.32 Å². The van der Waals surface area contributed by atoms with Gasteiger partial charge in [0, 0.05) is 11.8 Å². The number of pyridine rings is 1. The zero-order chi connectivity index (χ0) is 11.5. The number of benzene rings is 1. The fourth-order valence-electron chi connectivity index (χ4n) is 1.24. The molecule has 0 radical (unpaired) electrons. The molecule has 1 aromatic carbocycles. The minimum Gasteiger partial charge on any atom is -0.353 e. The molecule has 0 bridgehead atoms. The summed E-state index contributed by atoms with van der Waals surface area (Å²) in [6.07, 6.45) is 0. The Morgan fingerprint density at radius 1 is 1.00 bits per heavy atom. The predicted octanol–water partition coefficient (Wildman–Crippen LogP) is 3.24. The Morgan fingerprint density at radius 3 is 2.38 bits per heavy atom. The van der Waals surface area contributed by atoms with Gasteiger partial charge < -0.3 is 5.32 Å². The van der Waals surface area contributed by atoms with E-state index in [9.17, 15) is 13.2 Å². The molecular formula is C11H7F3N2. The van der Waals surface area contributed by atoms with Crippen LogP contribution in [0.5, 0.6) is 0 Å². The SMILES string of the molecule is Fc1cc(Nc2ccccc2)c(F)c(F)n1. The van der Waals surface area contributed by atoms with Gasteiger partial charge in [-0.15, -0.1) is 0 Å². The zero-order valence-electron chi connectivity index (χ0n) is 8.05. The number of hydrogen-bond acceptors (Lipinski definition) is 2. The third kappa shape index (κ3) is 2.13. The molecule has 0 aliphatic carbocycles. The number of hydrogen-bond donors (Lipinski definition) is 1. The van der Waals surface area contributed by atoms with E-state index in [1.165, 1.54) is 0 Å². The van der Waals surface area contributed by atoms with E-state index < -0.39 is 17.7 Å². The molecule has 5 heteroatoms. The average molecular weight is 224 g/mol. The highest BCUT2D eigenvalue weighted by Crippen LogP contribution is 2.21.